The van der Waals surface area contributed by atoms with E-state index in [-0.39, 0.29) is 10.8 Å². The van der Waals surface area contributed by atoms with Crippen molar-refractivity contribution in [2.45, 2.75) is 92.4 Å². The normalized spacial score (nSPS) is 12.6. The first-order chi connectivity index (χ1) is 25.7. The molecule has 0 spiro atoms. The number of aryl methyl sites for hydroxylation is 2. The molecule has 0 aliphatic heterocycles. The zero-order valence-electron chi connectivity index (χ0n) is 34.0. The van der Waals surface area contributed by atoms with Crippen molar-refractivity contribution < 1.29 is 0 Å². The van der Waals surface area contributed by atoms with E-state index in [1.54, 1.807) is 0 Å². The standard InChI is InChI=1S/C52H56N2/c1-11-37(4)38-20-33-47-48(34-38)50(54(42-27-18-36(3)19-28-42)44-31-23-40(24-32-44)52(8,9)10)46-15-13-12-14-45(46)49(47)53(41-25-16-35(2)17-26-41)43-29-21-39(22-30-43)51(5,6)7/h12-34,37H,11H2,1-10H3. The number of rotatable bonds is 8. The topological polar surface area (TPSA) is 6.48 Å². The quantitative estimate of drug-likeness (QED) is 0.115. The summed E-state index contributed by atoms with van der Waals surface area (Å²) < 4.78 is 0. The van der Waals surface area contributed by atoms with Gasteiger partial charge in [0.25, 0.3) is 0 Å². The summed E-state index contributed by atoms with van der Waals surface area (Å²) in [5.74, 6) is 0.425. The van der Waals surface area contributed by atoms with Crippen molar-refractivity contribution in [2.24, 2.45) is 0 Å². The van der Waals surface area contributed by atoms with E-state index >= 15 is 0 Å². The maximum absolute atomic E-state index is 2.50. The van der Waals surface area contributed by atoms with Gasteiger partial charge < -0.3 is 9.80 Å². The number of hydrogen-bond acceptors (Lipinski definition) is 2. The monoisotopic (exact) mass is 708 g/mol. The molecule has 1 atom stereocenters. The largest absolute Gasteiger partial charge is 0.309 e. The second-order valence-electron chi connectivity index (χ2n) is 17.3. The number of benzene rings is 7. The van der Waals surface area contributed by atoms with Crippen LogP contribution in [0.3, 0.4) is 0 Å². The van der Waals surface area contributed by atoms with Crippen molar-refractivity contribution in [3.05, 3.63) is 167 Å². The Morgan fingerprint density at radius 3 is 1.17 bits per heavy atom. The van der Waals surface area contributed by atoms with Crippen molar-refractivity contribution in [2.75, 3.05) is 9.80 Å². The number of nitrogens with zero attached hydrogens (tertiary/aromatic N) is 2. The Labute approximate surface area is 324 Å². The van der Waals surface area contributed by atoms with Gasteiger partial charge in [0.15, 0.2) is 0 Å². The number of hydrogen-bond donors (Lipinski definition) is 0. The molecule has 0 saturated heterocycles. The molecule has 7 rings (SSSR count). The molecule has 0 radical (unpaired) electrons. The van der Waals surface area contributed by atoms with Gasteiger partial charge in [0.2, 0.25) is 0 Å². The Morgan fingerprint density at radius 2 is 0.796 bits per heavy atom. The van der Waals surface area contributed by atoms with Gasteiger partial charge in [-0.3, -0.25) is 0 Å². The molecule has 7 aromatic carbocycles. The van der Waals surface area contributed by atoms with Gasteiger partial charge in [-0.05, 0) is 108 Å². The lowest BCUT2D eigenvalue weighted by atomic mass is 9.86. The molecule has 274 valence electrons. The molecule has 1 unspecified atom stereocenters. The van der Waals surface area contributed by atoms with E-state index in [0.717, 1.165) is 29.2 Å². The van der Waals surface area contributed by atoms with Crippen LogP contribution in [0.5, 0.6) is 0 Å². The first-order valence-corrected chi connectivity index (χ1v) is 19.7. The highest BCUT2D eigenvalue weighted by Gasteiger charge is 2.27. The van der Waals surface area contributed by atoms with Gasteiger partial charge in [0.05, 0.1) is 11.4 Å². The second kappa shape index (κ2) is 14.5. The van der Waals surface area contributed by atoms with Gasteiger partial charge in [-0.15, -0.1) is 0 Å². The fourth-order valence-electron chi connectivity index (χ4n) is 7.60. The maximum Gasteiger partial charge on any atom is 0.0620 e. The SMILES string of the molecule is CCC(C)c1ccc2c(N(c3ccc(C)cc3)c3ccc(C(C)(C)C)cc3)c3ccccc3c(N(c3ccc(C)cc3)c3ccc(C(C)(C)C)cc3)c2c1. The molecule has 0 fully saturated rings. The minimum absolute atomic E-state index is 0.0595. The van der Waals surface area contributed by atoms with Crippen molar-refractivity contribution in [3.63, 3.8) is 0 Å². The van der Waals surface area contributed by atoms with Crippen molar-refractivity contribution in [3.8, 4) is 0 Å². The molecule has 0 amide bonds. The first kappa shape index (κ1) is 37.0. The summed E-state index contributed by atoms with van der Waals surface area (Å²) in [5, 5.41) is 4.88. The molecule has 0 N–H and O–H groups in total. The molecule has 7 aromatic rings. The van der Waals surface area contributed by atoms with Crippen LogP contribution in [0, 0.1) is 13.8 Å². The molecule has 2 heteroatoms. The molecule has 0 aromatic heterocycles. The minimum atomic E-state index is 0.0595. The molecule has 0 saturated carbocycles. The third-order valence-corrected chi connectivity index (χ3v) is 11.2. The van der Waals surface area contributed by atoms with E-state index in [0.29, 0.717) is 5.92 Å². The molecule has 0 bridgehead atoms. The maximum atomic E-state index is 2.50. The van der Waals surface area contributed by atoms with Crippen LogP contribution in [0.25, 0.3) is 21.5 Å². The highest BCUT2D eigenvalue weighted by atomic mass is 15.2. The van der Waals surface area contributed by atoms with Crippen LogP contribution >= 0.6 is 0 Å². The van der Waals surface area contributed by atoms with Crippen LogP contribution in [0.15, 0.2) is 140 Å². The zero-order valence-corrected chi connectivity index (χ0v) is 34.0. The van der Waals surface area contributed by atoms with E-state index in [1.165, 1.54) is 60.7 Å². The van der Waals surface area contributed by atoms with Crippen molar-refractivity contribution in [1.29, 1.82) is 0 Å². The average Bonchev–Trinajstić information content (AvgIpc) is 3.16. The molecule has 0 aliphatic rings. The summed E-state index contributed by atoms with van der Waals surface area (Å²) >= 11 is 0. The number of anilines is 6. The van der Waals surface area contributed by atoms with Gasteiger partial charge in [0.1, 0.15) is 0 Å². The molecule has 0 aliphatic carbocycles. The van der Waals surface area contributed by atoms with E-state index in [4.69, 9.17) is 0 Å². The van der Waals surface area contributed by atoms with Crippen molar-refractivity contribution in [1.82, 2.24) is 0 Å². The minimum Gasteiger partial charge on any atom is -0.309 e. The highest BCUT2D eigenvalue weighted by molar-refractivity contribution is 6.23. The third-order valence-electron chi connectivity index (χ3n) is 11.2. The van der Waals surface area contributed by atoms with Gasteiger partial charge in [-0.25, -0.2) is 0 Å². The van der Waals surface area contributed by atoms with Crippen LogP contribution in [0.2, 0.25) is 0 Å². The highest BCUT2D eigenvalue weighted by Crippen LogP contribution is 2.51. The van der Waals surface area contributed by atoms with Gasteiger partial charge in [-0.2, -0.15) is 0 Å². The Bertz CT molecular complexity index is 2390. The predicted octanol–water partition coefficient (Wildman–Crippen LogP) is 15.7. The molecular formula is C52H56N2. The van der Waals surface area contributed by atoms with Gasteiger partial charge in [0, 0.05) is 44.3 Å². The molecule has 0 heterocycles. The van der Waals surface area contributed by atoms with Crippen LogP contribution in [0.1, 0.15) is 95.5 Å². The summed E-state index contributed by atoms with van der Waals surface area (Å²) in [4.78, 5) is 4.98. The molecule has 54 heavy (non-hydrogen) atoms. The molecular weight excluding hydrogens is 653 g/mol. The third kappa shape index (κ3) is 7.15. The fourth-order valence-corrected chi connectivity index (χ4v) is 7.60. The second-order valence-corrected chi connectivity index (χ2v) is 17.3. The summed E-state index contributed by atoms with van der Waals surface area (Å²) in [6.45, 7) is 22.7. The zero-order chi connectivity index (χ0) is 38.4. The number of fused-ring (bicyclic) bond motifs is 2. The van der Waals surface area contributed by atoms with Crippen molar-refractivity contribution >= 4 is 55.7 Å². The lowest BCUT2D eigenvalue weighted by molar-refractivity contribution is 0.590. The first-order valence-electron chi connectivity index (χ1n) is 19.7. The lowest BCUT2D eigenvalue weighted by Crippen LogP contribution is -2.16. The lowest BCUT2D eigenvalue weighted by Gasteiger charge is -2.33. The Balaban J connectivity index is 1.61. The smallest absolute Gasteiger partial charge is 0.0620 e. The van der Waals surface area contributed by atoms with Crippen LogP contribution in [-0.4, -0.2) is 0 Å². The van der Waals surface area contributed by atoms with E-state index < -0.39 is 0 Å². The van der Waals surface area contributed by atoms with Crippen LogP contribution in [0.4, 0.5) is 34.1 Å². The average molecular weight is 709 g/mol. The van der Waals surface area contributed by atoms with E-state index in [1.807, 2.05) is 0 Å². The Morgan fingerprint density at radius 1 is 0.444 bits per heavy atom. The Hall–Kier alpha value is -5.34. The van der Waals surface area contributed by atoms with Gasteiger partial charge >= 0.3 is 0 Å². The summed E-state index contributed by atoms with van der Waals surface area (Å²) in [7, 11) is 0. The fraction of sp³-hybridized carbons (Fsp3) is 0.269. The summed E-state index contributed by atoms with van der Waals surface area (Å²) in [5.41, 5.74) is 13.6. The summed E-state index contributed by atoms with van der Waals surface area (Å²) in [6, 6.07) is 52.7. The summed E-state index contributed by atoms with van der Waals surface area (Å²) in [6.07, 6.45) is 1.08. The van der Waals surface area contributed by atoms with Crippen LogP contribution in [-0.2, 0) is 10.8 Å². The molecule has 2 nitrogen and oxygen atoms in total. The van der Waals surface area contributed by atoms with E-state index in [9.17, 15) is 0 Å². The predicted molar refractivity (Wildman–Crippen MR) is 236 cm³/mol. The van der Waals surface area contributed by atoms with Crippen LogP contribution < -0.4 is 9.80 Å². The van der Waals surface area contributed by atoms with E-state index in [2.05, 4.69) is 219 Å². The van der Waals surface area contributed by atoms with Gasteiger partial charge in [-0.1, -0.05) is 151 Å². The Kier molecular flexibility index (Phi) is 9.92.